The first-order valence-corrected chi connectivity index (χ1v) is 5.51. The molecule has 0 radical (unpaired) electrons. The van der Waals surface area contributed by atoms with Crippen LogP contribution in [0.4, 0.5) is 8.78 Å². The molecule has 1 atom stereocenters. The molecule has 5 heteroatoms. The number of carbonyl (C=O) groups excluding carboxylic acids is 1. The third-order valence-corrected chi connectivity index (χ3v) is 3.03. The van der Waals surface area contributed by atoms with Crippen LogP contribution in [0.1, 0.15) is 23.2 Å². The lowest BCUT2D eigenvalue weighted by molar-refractivity contribution is 0.0672. The number of carbonyl (C=O) groups is 1. The first kappa shape index (κ1) is 12.0. The first-order chi connectivity index (χ1) is 8.15. The largest absolute Gasteiger partial charge is 0.394 e. The minimum atomic E-state index is -1.12. The van der Waals surface area contributed by atoms with Crippen molar-refractivity contribution in [1.82, 2.24) is 4.90 Å². The highest BCUT2D eigenvalue weighted by molar-refractivity contribution is 5.94. The maximum absolute atomic E-state index is 13.5. The lowest BCUT2D eigenvalue weighted by Gasteiger charge is -2.23. The van der Waals surface area contributed by atoms with Crippen LogP contribution < -0.4 is 0 Å². The van der Waals surface area contributed by atoms with Crippen molar-refractivity contribution in [3.05, 3.63) is 35.4 Å². The van der Waals surface area contributed by atoms with Gasteiger partial charge >= 0.3 is 0 Å². The lowest BCUT2D eigenvalue weighted by atomic mass is 10.1. The van der Waals surface area contributed by atoms with Gasteiger partial charge in [-0.2, -0.15) is 0 Å². The van der Waals surface area contributed by atoms with Gasteiger partial charge in [-0.25, -0.2) is 8.78 Å². The molecule has 1 aromatic carbocycles. The van der Waals surface area contributed by atoms with Crippen LogP contribution in [0.5, 0.6) is 0 Å². The summed E-state index contributed by atoms with van der Waals surface area (Å²) in [5, 5.41) is 9.09. The summed E-state index contributed by atoms with van der Waals surface area (Å²) in [4.78, 5) is 13.4. The van der Waals surface area contributed by atoms with E-state index >= 15 is 0 Å². The second-order valence-corrected chi connectivity index (χ2v) is 4.08. The predicted octanol–water partition coefficient (Wildman–Crippen LogP) is 1.56. The van der Waals surface area contributed by atoms with E-state index in [9.17, 15) is 13.6 Å². The van der Waals surface area contributed by atoms with Gasteiger partial charge < -0.3 is 10.0 Å². The number of aliphatic hydroxyl groups excluding tert-OH is 1. The first-order valence-electron chi connectivity index (χ1n) is 5.51. The van der Waals surface area contributed by atoms with Crippen LogP contribution in [0.25, 0.3) is 0 Å². The molecular weight excluding hydrogens is 228 g/mol. The van der Waals surface area contributed by atoms with E-state index in [0.717, 1.165) is 12.5 Å². The second-order valence-electron chi connectivity index (χ2n) is 4.08. The van der Waals surface area contributed by atoms with Gasteiger partial charge in [-0.05, 0) is 25.0 Å². The van der Waals surface area contributed by atoms with Gasteiger partial charge in [-0.15, -0.1) is 0 Å². The fourth-order valence-electron chi connectivity index (χ4n) is 2.12. The van der Waals surface area contributed by atoms with Crippen molar-refractivity contribution in [2.24, 2.45) is 0 Å². The predicted molar refractivity (Wildman–Crippen MR) is 57.5 cm³/mol. The molecule has 1 amide bonds. The molecule has 0 spiro atoms. The summed E-state index contributed by atoms with van der Waals surface area (Å²) in [5.74, 6) is -2.71. The molecule has 1 N–H and O–H groups in total. The standard InChI is InChI=1S/C12H13F2NO2/c13-10-5-1-4-9(11(10)14)12(17)15-6-2-3-8(15)7-16/h1,4-5,8,16H,2-3,6-7H2/t8-/m1/s1. The molecule has 0 aliphatic carbocycles. The number of nitrogens with zero attached hydrogens (tertiary/aromatic N) is 1. The molecule has 1 aliphatic rings. The van der Waals surface area contributed by atoms with Gasteiger partial charge in [0.05, 0.1) is 18.2 Å². The normalized spacial score (nSPS) is 19.7. The maximum Gasteiger partial charge on any atom is 0.257 e. The van der Waals surface area contributed by atoms with E-state index in [-0.39, 0.29) is 18.2 Å². The van der Waals surface area contributed by atoms with Crippen molar-refractivity contribution in [1.29, 1.82) is 0 Å². The summed E-state index contributed by atoms with van der Waals surface area (Å²) in [6, 6.07) is 3.24. The van der Waals surface area contributed by atoms with Crippen LogP contribution >= 0.6 is 0 Å². The average molecular weight is 241 g/mol. The zero-order valence-corrected chi connectivity index (χ0v) is 9.20. The Morgan fingerprint density at radius 2 is 2.24 bits per heavy atom. The summed E-state index contributed by atoms with van der Waals surface area (Å²) in [6.07, 6.45) is 1.47. The van der Waals surface area contributed by atoms with E-state index in [1.807, 2.05) is 0 Å². The minimum Gasteiger partial charge on any atom is -0.394 e. The molecular formula is C12H13F2NO2. The molecule has 1 fully saturated rings. The summed E-state index contributed by atoms with van der Waals surface area (Å²) in [5.41, 5.74) is -0.273. The zero-order chi connectivity index (χ0) is 12.4. The Hall–Kier alpha value is -1.49. The zero-order valence-electron chi connectivity index (χ0n) is 9.20. The topological polar surface area (TPSA) is 40.5 Å². The van der Waals surface area contributed by atoms with Crippen molar-refractivity contribution < 1.29 is 18.7 Å². The van der Waals surface area contributed by atoms with Crippen LogP contribution in [0, 0.1) is 11.6 Å². The molecule has 2 rings (SSSR count). The van der Waals surface area contributed by atoms with Gasteiger partial charge in [-0.3, -0.25) is 4.79 Å². The molecule has 0 unspecified atom stereocenters. The number of hydrogen-bond donors (Lipinski definition) is 1. The molecule has 92 valence electrons. The quantitative estimate of drug-likeness (QED) is 0.853. The van der Waals surface area contributed by atoms with Crippen molar-refractivity contribution in [3.63, 3.8) is 0 Å². The fraction of sp³-hybridized carbons (Fsp3) is 0.417. The van der Waals surface area contributed by atoms with Crippen LogP contribution in [0.15, 0.2) is 18.2 Å². The van der Waals surface area contributed by atoms with Gasteiger partial charge in [-0.1, -0.05) is 6.07 Å². The number of hydrogen-bond acceptors (Lipinski definition) is 2. The third kappa shape index (κ3) is 2.15. The molecule has 1 aromatic rings. The summed E-state index contributed by atoms with van der Waals surface area (Å²) in [7, 11) is 0. The summed E-state index contributed by atoms with van der Waals surface area (Å²) < 4.78 is 26.5. The Morgan fingerprint density at radius 3 is 2.94 bits per heavy atom. The number of rotatable bonds is 2. The highest BCUT2D eigenvalue weighted by Gasteiger charge is 2.30. The van der Waals surface area contributed by atoms with E-state index in [0.29, 0.717) is 13.0 Å². The average Bonchev–Trinajstić information content (AvgIpc) is 2.80. The highest BCUT2D eigenvalue weighted by atomic mass is 19.2. The van der Waals surface area contributed by atoms with Gasteiger partial charge in [0.1, 0.15) is 0 Å². The van der Waals surface area contributed by atoms with Crippen LogP contribution in [0.3, 0.4) is 0 Å². The number of amides is 1. The molecule has 3 nitrogen and oxygen atoms in total. The van der Waals surface area contributed by atoms with Gasteiger partial charge in [0.15, 0.2) is 11.6 Å². The Bertz CT molecular complexity index is 437. The Kier molecular flexibility index (Phi) is 3.38. The summed E-state index contributed by atoms with van der Waals surface area (Å²) >= 11 is 0. The van der Waals surface area contributed by atoms with E-state index in [1.54, 1.807) is 0 Å². The van der Waals surface area contributed by atoms with Crippen LogP contribution in [-0.2, 0) is 0 Å². The van der Waals surface area contributed by atoms with Gasteiger partial charge in [0, 0.05) is 6.54 Å². The van der Waals surface area contributed by atoms with Crippen LogP contribution in [0.2, 0.25) is 0 Å². The second kappa shape index (κ2) is 4.79. The molecule has 0 saturated carbocycles. The fourth-order valence-corrected chi connectivity index (χ4v) is 2.12. The third-order valence-electron chi connectivity index (χ3n) is 3.03. The SMILES string of the molecule is O=C(c1cccc(F)c1F)N1CCC[C@@H]1CO. The van der Waals surface area contributed by atoms with Crippen LogP contribution in [-0.4, -0.2) is 35.1 Å². The monoisotopic (exact) mass is 241 g/mol. The molecule has 17 heavy (non-hydrogen) atoms. The lowest BCUT2D eigenvalue weighted by Crippen LogP contribution is -2.38. The van der Waals surface area contributed by atoms with E-state index in [2.05, 4.69) is 0 Å². The highest BCUT2D eigenvalue weighted by Crippen LogP contribution is 2.21. The Morgan fingerprint density at radius 1 is 1.47 bits per heavy atom. The molecule has 0 aromatic heterocycles. The minimum absolute atomic E-state index is 0.150. The number of halogens is 2. The van der Waals surface area contributed by atoms with E-state index in [1.165, 1.54) is 17.0 Å². The van der Waals surface area contributed by atoms with E-state index < -0.39 is 17.5 Å². The number of likely N-dealkylation sites (tertiary alicyclic amines) is 1. The van der Waals surface area contributed by atoms with Gasteiger partial charge in [0.2, 0.25) is 0 Å². The van der Waals surface area contributed by atoms with Crippen molar-refractivity contribution in [2.45, 2.75) is 18.9 Å². The molecule has 1 aliphatic heterocycles. The number of aliphatic hydroxyl groups is 1. The Labute approximate surface area is 97.7 Å². The summed E-state index contributed by atoms with van der Waals surface area (Å²) in [6.45, 7) is 0.322. The van der Waals surface area contributed by atoms with Gasteiger partial charge in [0.25, 0.3) is 5.91 Å². The van der Waals surface area contributed by atoms with Crippen molar-refractivity contribution in [3.8, 4) is 0 Å². The maximum atomic E-state index is 13.5. The molecule has 1 saturated heterocycles. The van der Waals surface area contributed by atoms with Crippen molar-refractivity contribution in [2.75, 3.05) is 13.2 Å². The van der Waals surface area contributed by atoms with E-state index in [4.69, 9.17) is 5.11 Å². The van der Waals surface area contributed by atoms with Crippen molar-refractivity contribution >= 4 is 5.91 Å². The number of benzene rings is 1. The molecule has 0 bridgehead atoms. The molecule has 1 heterocycles. The Balaban J connectivity index is 2.28. The smallest absolute Gasteiger partial charge is 0.257 e.